The monoisotopic (exact) mass is 413 g/mol. The van der Waals surface area contributed by atoms with E-state index >= 15 is 0 Å². The average Bonchev–Trinajstić information content (AvgIpc) is 2.71. The molecule has 1 aromatic rings. The summed E-state index contributed by atoms with van der Waals surface area (Å²) in [5.41, 5.74) is 0.848. The van der Waals surface area contributed by atoms with Crippen LogP contribution in [-0.2, 0) is 6.42 Å². The summed E-state index contributed by atoms with van der Waals surface area (Å²) in [7, 11) is 0. The first-order chi connectivity index (χ1) is 13.8. The molecule has 0 saturated carbocycles. The molecule has 0 amide bonds. The van der Waals surface area contributed by atoms with Gasteiger partial charge in [0.05, 0.1) is 37.1 Å². The lowest BCUT2D eigenvalue weighted by Gasteiger charge is -2.41. The van der Waals surface area contributed by atoms with Gasteiger partial charge in [0, 0.05) is 12.5 Å². The maximum absolute atomic E-state index is 10.1. The summed E-state index contributed by atoms with van der Waals surface area (Å²) in [5.74, 6) is 0.164. The minimum Gasteiger partial charge on any atom is -0.508 e. The van der Waals surface area contributed by atoms with Crippen LogP contribution in [0.15, 0.2) is 24.3 Å². The molecular weight excluding hydrogens is 378 g/mol. The van der Waals surface area contributed by atoms with Gasteiger partial charge in [-0.2, -0.15) is 0 Å². The third-order valence-electron chi connectivity index (χ3n) is 5.74. The Bertz CT molecular complexity index is 583. The minimum atomic E-state index is -1.27. The molecule has 1 heterocycles. The number of phenolic OH excluding ortho intramolecular Hbond substituents is 1. The number of hydrogen-bond acceptors (Lipinski definition) is 8. The van der Waals surface area contributed by atoms with Gasteiger partial charge in [-0.25, -0.2) is 0 Å². The second-order valence-electron chi connectivity index (χ2n) is 8.03. The van der Waals surface area contributed by atoms with Crippen molar-refractivity contribution in [1.82, 2.24) is 5.32 Å². The summed E-state index contributed by atoms with van der Waals surface area (Å²) in [6.07, 6.45) is -0.515. The zero-order valence-electron chi connectivity index (χ0n) is 16.6. The van der Waals surface area contributed by atoms with Crippen molar-refractivity contribution in [3.8, 4) is 5.75 Å². The molecule has 1 fully saturated rings. The molecule has 166 valence electrons. The van der Waals surface area contributed by atoms with Gasteiger partial charge < -0.3 is 41.1 Å². The van der Waals surface area contributed by atoms with Crippen molar-refractivity contribution in [2.75, 3.05) is 6.61 Å². The molecule has 0 unspecified atom stereocenters. The molecule has 0 aliphatic carbocycles. The normalized spacial score (nSPS) is 29.5. The van der Waals surface area contributed by atoms with Gasteiger partial charge in [-0.05, 0) is 30.5 Å². The Morgan fingerprint density at radius 1 is 0.793 bits per heavy atom. The number of rotatable bonds is 11. The number of piperidine rings is 1. The molecule has 0 spiro atoms. The van der Waals surface area contributed by atoms with Crippen LogP contribution in [0.2, 0.25) is 0 Å². The van der Waals surface area contributed by atoms with Crippen molar-refractivity contribution >= 4 is 0 Å². The third-order valence-corrected chi connectivity index (χ3v) is 5.74. The Labute approximate surface area is 171 Å². The Hall–Kier alpha value is -1.26. The van der Waals surface area contributed by atoms with Crippen molar-refractivity contribution in [3.05, 3.63) is 29.8 Å². The van der Waals surface area contributed by atoms with E-state index in [0.29, 0.717) is 19.3 Å². The summed E-state index contributed by atoms with van der Waals surface area (Å²) >= 11 is 0. The molecule has 7 atom stereocenters. The molecule has 0 bridgehead atoms. The summed E-state index contributed by atoms with van der Waals surface area (Å²) in [5, 5.41) is 71.5. The Morgan fingerprint density at radius 3 is 2.07 bits per heavy atom. The highest BCUT2D eigenvalue weighted by atomic mass is 16.4. The predicted molar refractivity (Wildman–Crippen MR) is 107 cm³/mol. The molecule has 1 aliphatic rings. The van der Waals surface area contributed by atoms with E-state index in [2.05, 4.69) is 5.32 Å². The van der Waals surface area contributed by atoms with E-state index in [1.807, 2.05) is 0 Å². The van der Waals surface area contributed by atoms with Crippen molar-refractivity contribution in [2.24, 2.45) is 0 Å². The number of aliphatic hydroxyl groups excluding tert-OH is 6. The topological polar surface area (TPSA) is 154 Å². The van der Waals surface area contributed by atoms with Gasteiger partial charge >= 0.3 is 0 Å². The molecule has 29 heavy (non-hydrogen) atoms. The van der Waals surface area contributed by atoms with Gasteiger partial charge in [0.25, 0.3) is 0 Å². The maximum atomic E-state index is 10.1. The number of phenols is 1. The molecule has 8 N–H and O–H groups in total. The minimum absolute atomic E-state index is 0.164. The molecule has 1 saturated heterocycles. The second-order valence-corrected chi connectivity index (χ2v) is 8.03. The smallest absolute Gasteiger partial charge is 0.115 e. The molecular formula is C21H35NO7. The number of aliphatic hydroxyl groups is 6. The van der Waals surface area contributed by atoms with E-state index in [0.717, 1.165) is 31.2 Å². The van der Waals surface area contributed by atoms with E-state index in [1.165, 1.54) is 0 Å². The van der Waals surface area contributed by atoms with Crippen LogP contribution in [0.25, 0.3) is 0 Å². The lowest BCUT2D eigenvalue weighted by Crippen LogP contribution is -2.65. The van der Waals surface area contributed by atoms with Crippen molar-refractivity contribution in [1.29, 1.82) is 0 Å². The van der Waals surface area contributed by atoms with Crippen LogP contribution in [0.5, 0.6) is 5.75 Å². The van der Waals surface area contributed by atoms with Crippen molar-refractivity contribution in [2.45, 2.75) is 87.5 Å². The first-order valence-corrected chi connectivity index (χ1v) is 10.4. The van der Waals surface area contributed by atoms with E-state index in [1.54, 1.807) is 24.3 Å². The fourth-order valence-electron chi connectivity index (χ4n) is 3.84. The van der Waals surface area contributed by atoms with E-state index < -0.39 is 36.6 Å². The second kappa shape index (κ2) is 11.8. The zero-order valence-corrected chi connectivity index (χ0v) is 16.6. The summed E-state index contributed by atoms with van der Waals surface area (Å²) < 4.78 is 0. The van der Waals surface area contributed by atoms with Crippen LogP contribution in [0.4, 0.5) is 0 Å². The standard InChI is InChI=1S/C21H35NO7/c23-12-16-20(28)21(29)19(27)15(22-16)5-3-1-2-4-6-17(25)18(26)11-13-7-9-14(24)10-8-13/h7-10,15-29H,1-6,11-12H2/t15-,16-,17+,18+,19+,20-,21-/m1/s1. The summed E-state index contributed by atoms with van der Waals surface area (Å²) in [6, 6.07) is 5.50. The lowest BCUT2D eigenvalue weighted by molar-refractivity contribution is -0.120. The molecule has 8 nitrogen and oxygen atoms in total. The van der Waals surface area contributed by atoms with Gasteiger partial charge in [0.1, 0.15) is 11.9 Å². The third kappa shape index (κ3) is 7.18. The van der Waals surface area contributed by atoms with Crippen LogP contribution in [-0.4, -0.2) is 85.0 Å². The molecule has 1 aromatic carbocycles. The first kappa shape index (κ1) is 24.0. The number of benzene rings is 1. The van der Waals surface area contributed by atoms with Crippen LogP contribution in [0, 0.1) is 0 Å². The Kier molecular flexibility index (Phi) is 9.78. The number of hydrogen-bond donors (Lipinski definition) is 8. The van der Waals surface area contributed by atoms with Crippen molar-refractivity contribution in [3.63, 3.8) is 0 Å². The molecule has 2 rings (SSSR count). The van der Waals surface area contributed by atoms with Gasteiger partial charge in [-0.15, -0.1) is 0 Å². The largest absolute Gasteiger partial charge is 0.508 e. The molecule has 0 aromatic heterocycles. The zero-order chi connectivity index (χ0) is 21.4. The quantitative estimate of drug-likeness (QED) is 0.224. The fraction of sp³-hybridized carbons (Fsp3) is 0.714. The Morgan fingerprint density at radius 2 is 1.41 bits per heavy atom. The molecule has 1 aliphatic heterocycles. The SMILES string of the molecule is OC[C@H]1N[C@H](CCCCCC[C@H](O)[C@@H](O)Cc2ccc(O)cc2)[C@H](O)[C@@H](O)[C@@H]1O. The lowest BCUT2D eigenvalue weighted by atomic mass is 9.88. The predicted octanol–water partition coefficient (Wildman–Crippen LogP) is -0.588. The van der Waals surface area contributed by atoms with Gasteiger partial charge in [0.2, 0.25) is 0 Å². The van der Waals surface area contributed by atoms with E-state index in [4.69, 9.17) is 0 Å². The van der Waals surface area contributed by atoms with Crippen LogP contribution >= 0.6 is 0 Å². The summed E-state index contributed by atoms with van der Waals surface area (Å²) in [4.78, 5) is 0. The maximum Gasteiger partial charge on any atom is 0.115 e. The van der Waals surface area contributed by atoms with Gasteiger partial charge in [-0.3, -0.25) is 0 Å². The Balaban J connectivity index is 1.60. The highest BCUT2D eigenvalue weighted by molar-refractivity contribution is 5.26. The van der Waals surface area contributed by atoms with E-state index in [9.17, 15) is 35.7 Å². The van der Waals surface area contributed by atoms with Crippen molar-refractivity contribution < 1.29 is 35.7 Å². The summed E-state index contributed by atoms with van der Waals surface area (Å²) in [6.45, 7) is -0.314. The van der Waals surface area contributed by atoms with E-state index in [-0.39, 0.29) is 18.4 Å². The van der Waals surface area contributed by atoms with Gasteiger partial charge in [-0.1, -0.05) is 37.8 Å². The first-order valence-electron chi connectivity index (χ1n) is 10.4. The molecule has 8 heteroatoms. The average molecular weight is 414 g/mol. The number of aromatic hydroxyl groups is 1. The van der Waals surface area contributed by atoms with Crippen LogP contribution < -0.4 is 5.32 Å². The number of unbranched alkanes of at least 4 members (excludes halogenated alkanes) is 3. The fourth-order valence-corrected chi connectivity index (χ4v) is 3.84. The van der Waals surface area contributed by atoms with Crippen LogP contribution in [0.1, 0.15) is 44.1 Å². The molecule has 0 radical (unpaired) electrons. The van der Waals surface area contributed by atoms with Gasteiger partial charge in [0.15, 0.2) is 0 Å². The number of nitrogens with one attached hydrogen (secondary N) is 1. The highest BCUT2D eigenvalue weighted by Gasteiger charge is 2.41. The highest BCUT2D eigenvalue weighted by Crippen LogP contribution is 2.20. The van der Waals surface area contributed by atoms with Crippen LogP contribution in [0.3, 0.4) is 0 Å².